The van der Waals surface area contributed by atoms with Gasteiger partial charge in [0.1, 0.15) is 11.6 Å². The summed E-state index contributed by atoms with van der Waals surface area (Å²) < 4.78 is 27.2. The number of rotatable bonds is 3. The molecule has 0 aliphatic rings. The van der Waals surface area contributed by atoms with Gasteiger partial charge in [-0.25, -0.2) is 8.78 Å². The van der Waals surface area contributed by atoms with E-state index in [0.717, 1.165) is 5.56 Å². The van der Waals surface area contributed by atoms with Crippen molar-refractivity contribution in [2.75, 3.05) is 5.32 Å². The van der Waals surface area contributed by atoms with E-state index < -0.39 is 5.82 Å². The van der Waals surface area contributed by atoms with Crippen LogP contribution in [0.2, 0.25) is 10.0 Å². The van der Waals surface area contributed by atoms with E-state index >= 15 is 0 Å². The first-order valence-electron chi connectivity index (χ1n) is 6.05. The number of nitrogens with one attached hydrogen (secondary N) is 1. The van der Waals surface area contributed by atoms with Crippen molar-refractivity contribution in [1.82, 2.24) is 0 Å². The molecule has 1 unspecified atom stereocenters. The number of benzene rings is 2. The number of hydrogen-bond donors (Lipinski definition) is 1. The minimum atomic E-state index is -0.551. The van der Waals surface area contributed by atoms with Crippen LogP contribution in [0.15, 0.2) is 30.3 Å². The highest BCUT2D eigenvalue weighted by atomic mass is 35.5. The van der Waals surface area contributed by atoms with Gasteiger partial charge in [0.25, 0.3) is 0 Å². The number of hydrogen-bond acceptors (Lipinski definition) is 1. The average Bonchev–Trinajstić information content (AvgIpc) is 2.38. The van der Waals surface area contributed by atoms with Crippen LogP contribution in [-0.2, 0) is 0 Å². The van der Waals surface area contributed by atoms with Gasteiger partial charge in [0, 0.05) is 5.02 Å². The molecular formula is C15H13Cl2F2N. The number of aryl methyl sites for hydroxylation is 1. The van der Waals surface area contributed by atoms with E-state index in [1.807, 2.05) is 6.92 Å². The Morgan fingerprint density at radius 2 is 1.70 bits per heavy atom. The first-order valence-corrected chi connectivity index (χ1v) is 6.81. The smallest absolute Gasteiger partial charge is 0.146 e. The lowest BCUT2D eigenvalue weighted by molar-refractivity contribution is 0.621. The molecule has 2 rings (SSSR count). The lowest BCUT2D eigenvalue weighted by Gasteiger charge is -2.18. The first kappa shape index (κ1) is 15.1. The standard InChI is InChI=1S/C15H13Cl2F2N/c1-8-3-4-13(18)15(5-8)20-9(2)10-6-14(19)12(17)7-11(10)16/h3-7,9,20H,1-2H3. The van der Waals surface area contributed by atoms with E-state index in [1.165, 1.54) is 18.2 Å². The van der Waals surface area contributed by atoms with Crippen LogP contribution in [0, 0.1) is 18.6 Å². The van der Waals surface area contributed by atoms with Gasteiger partial charge < -0.3 is 5.32 Å². The minimum absolute atomic E-state index is 0.0345. The molecule has 2 aromatic carbocycles. The van der Waals surface area contributed by atoms with Gasteiger partial charge in [0.2, 0.25) is 0 Å². The van der Waals surface area contributed by atoms with Gasteiger partial charge in [-0.05, 0) is 49.2 Å². The van der Waals surface area contributed by atoms with Crippen LogP contribution in [-0.4, -0.2) is 0 Å². The normalized spacial score (nSPS) is 12.3. The Hall–Kier alpha value is -1.32. The quantitative estimate of drug-likeness (QED) is 0.711. The van der Waals surface area contributed by atoms with Crippen LogP contribution in [0.4, 0.5) is 14.5 Å². The van der Waals surface area contributed by atoms with Crippen molar-refractivity contribution in [2.45, 2.75) is 19.9 Å². The molecule has 0 saturated heterocycles. The van der Waals surface area contributed by atoms with Gasteiger partial charge in [-0.2, -0.15) is 0 Å². The van der Waals surface area contributed by atoms with Crippen molar-refractivity contribution in [3.63, 3.8) is 0 Å². The molecule has 0 fully saturated rings. The summed E-state index contributed by atoms with van der Waals surface area (Å²) in [5, 5.41) is 3.29. The van der Waals surface area contributed by atoms with Crippen molar-refractivity contribution in [3.05, 3.63) is 63.1 Å². The Kier molecular flexibility index (Phi) is 4.51. The maximum absolute atomic E-state index is 13.7. The van der Waals surface area contributed by atoms with Crippen molar-refractivity contribution in [3.8, 4) is 0 Å². The van der Waals surface area contributed by atoms with Crippen molar-refractivity contribution in [1.29, 1.82) is 0 Å². The largest absolute Gasteiger partial charge is 0.376 e. The van der Waals surface area contributed by atoms with Gasteiger partial charge in [-0.3, -0.25) is 0 Å². The molecule has 0 radical (unpaired) electrons. The zero-order chi connectivity index (χ0) is 14.9. The lowest BCUT2D eigenvalue weighted by atomic mass is 10.1. The van der Waals surface area contributed by atoms with Crippen LogP contribution in [0.25, 0.3) is 0 Å². The highest BCUT2D eigenvalue weighted by molar-refractivity contribution is 6.35. The number of anilines is 1. The predicted molar refractivity (Wildman–Crippen MR) is 79.6 cm³/mol. The Morgan fingerprint density at radius 1 is 1.00 bits per heavy atom. The molecule has 2 aromatic rings. The molecule has 5 heteroatoms. The van der Waals surface area contributed by atoms with E-state index in [9.17, 15) is 8.78 Å². The third kappa shape index (κ3) is 3.22. The summed E-state index contributed by atoms with van der Waals surface area (Å²) in [6, 6.07) is 7.00. The van der Waals surface area contributed by atoms with Crippen molar-refractivity contribution < 1.29 is 8.78 Å². The highest BCUT2D eigenvalue weighted by Gasteiger charge is 2.14. The zero-order valence-electron chi connectivity index (χ0n) is 11.0. The fraction of sp³-hybridized carbons (Fsp3) is 0.200. The molecule has 0 amide bonds. The Labute approximate surface area is 126 Å². The fourth-order valence-electron chi connectivity index (χ4n) is 1.93. The summed E-state index contributed by atoms with van der Waals surface area (Å²) in [6.45, 7) is 3.64. The van der Waals surface area contributed by atoms with Gasteiger partial charge in [-0.1, -0.05) is 29.3 Å². The molecular weight excluding hydrogens is 303 g/mol. The Balaban J connectivity index is 2.30. The summed E-state index contributed by atoms with van der Waals surface area (Å²) in [5.41, 5.74) is 1.80. The zero-order valence-corrected chi connectivity index (χ0v) is 12.5. The van der Waals surface area contributed by atoms with Crippen molar-refractivity contribution in [2.24, 2.45) is 0 Å². The lowest BCUT2D eigenvalue weighted by Crippen LogP contribution is -2.09. The third-order valence-electron chi connectivity index (χ3n) is 3.00. The number of halogens is 4. The van der Waals surface area contributed by atoms with Crippen LogP contribution in [0.3, 0.4) is 0 Å². The SMILES string of the molecule is Cc1ccc(F)c(NC(C)c2cc(F)c(Cl)cc2Cl)c1. The maximum Gasteiger partial charge on any atom is 0.146 e. The Bertz CT molecular complexity index is 644. The second-order valence-electron chi connectivity index (χ2n) is 4.64. The summed E-state index contributed by atoms with van der Waals surface area (Å²) in [4.78, 5) is 0. The molecule has 0 aromatic heterocycles. The fourth-order valence-corrected chi connectivity index (χ4v) is 2.48. The second-order valence-corrected chi connectivity index (χ2v) is 5.45. The van der Waals surface area contributed by atoms with Crippen LogP contribution in [0.5, 0.6) is 0 Å². The molecule has 1 N–H and O–H groups in total. The third-order valence-corrected chi connectivity index (χ3v) is 3.62. The van der Waals surface area contributed by atoms with Crippen LogP contribution < -0.4 is 5.32 Å². The monoisotopic (exact) mass is 315 g/mol. The van der Waals surface area contributed by atoms with E-state index in [2.05, 4.69) is 5.32 Å². The van der Waals surface area contributed by atoms with E-state index in [-0.39, 0.29) is 16.9 Å². The predicted octanol–water partition coefficient (Wildman–Crippen LogP) is 5.75. The molecule has 106 valence electrons. The molecule has 1 atom stereocenters. The van der Waals surface area contributed by atoms with Gasteiger partial charge >= 0.3 is 0 Å². The van der Waals surface area contributed by atoms with Gasteiger partial charge in [0.05, 0.1) is 16.8 Å². The molecule has 1 nitrogen and oxygen atoms in total. The minimum Gasteiger partial charge on any atom is -0.376 e. The van der Waals surface area contributed by atoms with Gasteiger partial charge in [-0.15, -0.1) is 0 Å². The van der Waals surface area contributed by atoms with Crippen LogP contribution >= 0.6 is 23.2 Å². The van der Waals surface area contributed by atoms with E-state index in [4.69, 9.17) is 23.2 Å². The Morgan fingerprint density at radius 3 is 2.40 bits per heavy atom. The molecule has 0 aliphatic heterocycles. The topological polar surface area (TPSA) is 12.0 Å². The molecule has 0 aliphatic carbocycles. The first-order chi connectivity index (χ1) is 9.38. The van der Waals surface area contributed by atoms with Crippen LogP contribution in [0.1, 0.15) is 24.1 Å². The molecule has 0 saturated carbocycles. The summed E-state index contributed by atoms with van der Waals surface area (Å²) >= 11 is 11.7. The van der Waals surface area contributed by atoms with Gasteiger partial charge in [0.15, 0.2) is 0 Å². The average molecular weight is 316 g/mol. The molecule has 20 heavy (non-hydrogen) atoms. The summed E-state index contributed by atoms with van der Waals surface area (Å²) in [6.07, 6.45) is 0. The van der Waals surface area contributed by atoms with E-state index in [1.54, 1.807) is 19.1 Å². The molecule has 0 bridgehead atoms. The van der Waals surface area contributed by atoms with Crippen molar-refractivity contribution >= 4 is 28.9 Å². The highest BCUT2D eigenvalue weighted by Crippen LogP contribution is 2.31. The molecule has 0 heterocycles. The molecule has 0 spiro atoms. The maximum atomic E-state index is 13.7. The second kappa shape index (κ2) is 5.98. The summed E-state index contributed by atoms with van der Waals surface area (Å²) in [5.74, 6) is -0.919. The van der Waals surface area contributed by atoms with E-state index in [0.29, 0.717) is 16.3 Å². The summed E-state index contributed by atoms with van der Waals surface area (Å²) in [7, 11) is 0.